The Morgan fingerprint density at radius 2 is 2.08 bits per heavy atom. The molecular weight excluding hydrogens is 160 g/mol. The lowest BCUT2D eigenvalue weighted by Crippen LogP contribution is -2.28. The van der Waals surface area contributed by atoms with Gasteiger partial charge in [-0.3, -0.25) is 0 Å². The molecule has 1 heterocycles. The second-order valence-corrected chi connectivity index (χ2v) is 3.43. The molecule has 1 nitrogen and oxygen atoms in total. The van der Waals surface area contributed by atoms with Gasteiger partial charge in [-0.25, -0.2) is 0 Å². The normalized spacial score (nSPS) is 20.8. The molecule has 0 radical (unpaired) electrons. The molecule has 1 aromatic rings. The van der Waals surface area contributed by atoms with Gasteiger partial charge in [-0.2, -0.15) is 0 Å². The van der Waals surface area contributed by atoms with Crippen LogP contribution in [0.15, 0.2) is 30.8 Å². The van der Waals surface area contributed by atoms with Crippen molar-refractivity contribution in [2.45, 2.75) is 18.9 Å². The van der Waals surface area contributed by atoms with Crippen molar-refractivity contribution < 1.29 is 4.74 Å². The summed E-state index contributed by atoms with van der Waals surface area (Å²) in [6.07, 6.45) is 4.60. The highest BCUT2D eigenvalue weighted by Crippen LogP contribution is 2.17. The van der Waals surface area contributed by atoms with Crippen molar-refractivity contribution in [3.05, 3.63) is 42.0 Å². The summed E-state index contributed by atoms with van der Waals surface area (Å²) in [4.78, 5) is 0. The van der Waals surface area contributed by atoms with Crippen molar-refractivity contribution in [2.24, 2.45) is 0 Å². The monoisotopic (exact) mass is 174 g/mol. The zero-order valence-electron chi connectivity index (χ0n) is 7.70. The highest BCUT2D eigenvalue weighted by Gasteiger charge is 2.17. The van der Waals surface area contributed by atoms with Crippen molar-refractivity contribution >= 4 is 6.08 Å². The van der Waals surface area contributed by atoms with Gasteiger partial charge in [0.2, 0.25) is 0 Å². The predicted molar refractivity (Wildman–Crippen MR) is 54.6 cm³/mol. The Morgan fingerprint density at radius 1 is 1.38 bits per heavy atom. The average molecular weight is 174 g/mol. The molecule has 1 saturated heterocycles. The Kier molecular flexibility index (Phi) is 2.46. The number of hydrogen-bond donors (Lipinski definition) is 0. The van der Waals surface area contributed by atoms with Gasteiger partial charge in [0.05, 0.1) is 6.10 Å². The molecule has 1 unspecified atom stereocenters. The van der Waals surface area contributed by atoms with E-state index < -0.39 is 0 Å². The van der Waals surface area contributed by atoms with E-state index in [9.17, 15) is 0 Å². The number of ether oxygens (including phenoxy) is 1. The first-order valence-electron chi connectivity index (χ1n) is 4.71. The first-order valence-corrected chi connectivity index (χ1v) is 4.71. The Balaban J connectivity index is 2.00. The smallest absolute Gasteiger partial charge is 0.0637 e. The van der Waals surface area contributed by atoms with Crippen LogP contribution in [0.1, 0.15) is 17.5 Å². The van der Waals surface area contributed by atoms with Crippen LogP contribution in [0, 0.1) is 0 Å². The minimum Gasteiger partial charge on any atom is -0.378 e. The van der Waals surface area contributed by atoms with Crippen LogP contribution >= 0.6 is 0 Å². The van der Waals surface area contributed by atoms with E-state index in [1.54, 1.807) is 0 Å². The summed E-state index contributed by atoms with van der Waals surface area (Å²) >= 11 is 0. The molecule has 0 spiro atoms. The van der Waals surface area contributed by atoms with E-state index in [1.165, 1.54) is 17.5 Å². The van der Waals surface area contributed by atoms with Crippen LogP contribution in [0.4, 0.5) is 0 Å². The lowest BCUT2D eigenvalue weighted by atomic mass is 10.0. The standard InChI is InChI=1S/C12H14O/c1-2-10-3-5-11(6-4-10)9-12-7-8-13-12/h2-6,12H,1,7-9H2. The maximum absolute atomic E-state index is 5.37. The highest BCUT2D eigenvalue weighted by molar-refractivity contribution is 5.47. The fourth-order valence-corrected chi connectivity index (χ4v) is 1.50. The summed E-state index contributed by atoms with van der Waals surface area (Å²) in [6.45, 7) is 4.66. The van der Waals surface area contributed by atoms with Gasteiger partial charge in [0.15, 0.2) is 0 Å². The molecule has 0 amide bonds. The van der Waals surface area contributed by atoms with Crippen molar-refractivity contribution in [3.8, 4) is 0 Å². The lowest BCUT2D eigenvalue weighted by Gasteiger charge is -2.26. The zero-order chi connectivity index (χ0) is 9.10. The summed E-state index contributed by atoms with van der Waals surface area (Å²) in [7, 11) is 0. The third kappa shape index (κ3) is 1.99. The molecule has 1 fully saturated rings. The van der Waals surface area contributed by atoms with E-state index in [0.29, 0.717) is 6.10 Å². The molecule has 0 aromatic heterocycles. The van der Waals surface area contributed by atoms with E-state index in [2.05, 4.69) is 30.8 Å². The number of benzene rings is 1. The number of rotatable bonds is 3. The van der Waals surface area contributed by atoms with Gasteiger partial charge in [0, 0.05) is 6.61 Å². The topological polar surface area (TPSA) is 9.23 Å². The van der Waals surface area contributed by atoms with Crippen LogP contribution in [-0.4, -0.2) is 12.7 Å². The first-order chi connectivity index (χ1) is 6.38. The maximum Gasteiger partial charge on any atom is 0.0637 e. The van der Waals surface area contributed by atoms with Gasteiger partial charge < -0.3 is 4.74 Å². The van der Waals surface area contributed by atoms with Gasteiger partial charge in [-0.1, -0.05) is 36.9 Å². The van der Waals surface area contributed by atoms with Crippen LogP contribution in [0.2, 0.25) is 0 Å². The summed E-state index contributed by atoms with van der Waals surface area (Å²) in [5, 5.41) is 0. The van der Waals surface area contributed by atoms with Crippen LogP contribution < -0.4 is 0 Å². The molecule has 1 heteroatoms. The summed E-state index contributed by atoms with van der Waals surface area (Å²) in [5.74, 6) is 0. The molecule has 1 aliphatic rings. The Hall–Kier alpha value is -1.08. The van der Waals surface area contributed by atoms with Crippen LogP contribution in [0.3, 0.4) is 0 Å². The van der Waals surface area contributed by atoms with Gasteiger partial charge in [-0.15, -0.1) is 0 Å². The summed E-state index contributed by atoms with van der Waals surface area (Å²) in [5.41, 5.74) is 2.54. The molecule has 13 heavy (non-hydrogen) atoms. The van der Waals surface area contributed by atoms with Crippen LogP contribution in [-0.2, 0) is 11.2 Å². The molecule has 1 atom stereocenters. The Morgan fingerprint density at radius 3 is 2.54 bits per heavy atom. The quantitative estimate of drug-likeness (QED) is 0.684. The highest BCUT2D eigenvalue weighted by atomic mass is 16.5. The lowest BCUT2D eigenvalue weighted by molar-refractivity contribution is -0.0491. The van der Waals surface area contributed by atoms with Gasteiger partial charge in [0.1, 0.15) is 0 Å². The van der Waals surface area contributed by atoms with Crippen LogP contribution in [0.5, 0.6) is 0 Å². The van der Waals surface area contributed by atoms with E-state index >= 15 is 0 Å². The van der Waals surface area contributed by atoms with Gasteiger partial charge in [0.25, 0.3) is 0 Å². The zero-order valence-corrected chi connectivity index (χ0v) is 7.70. The molecule has 1 aliphatic heterocycles. The van der Waals surface area contributed by atoms with Crippen molar-refractivity contribution in [3.63, 3.8) is 0 Å². The van der Waals surface area contributed by atoms with E-state index in [-0.39, 0.29) is 0 Å². The van der Waals surface area contributed by atoms with E-state index in [0.717, 1.165) is 13.0 Å². The predicted octanol–water partition coefficient (Wildman–Crippen LogP) is 2.66. The molecule has 0 N–H and O–H groups in total. The van der Waals surface area contributed by atoms with Crippen molar-refractivity contribution in [1.29, 1.82) is 0 Å². The summed E-state index contributed by atoms with van der Waals surface area (Å²) < 4.78 is 5.37. The molecule has 2 rings (SSSR count). The molecular formula is C12H14O. The van der Waals surface area contributed by atoms with Crippen molar-refractivity contribution in [2.75, 3.05) is 6.61 Å². The van der Waals surface area contributed by atoms with Crippen LogP contribution in [0.25, 0.3) is 6.08 Å². The maximum atomic E-state index is 5.37. The molecule has 0 bridgehead atoms. The summed E-state index contributed by atoms with van der Waals surface area (Å²) in [6, 6.07) is 8.50. The average Bonchev–Trinajstić information content (AvgIpc) is 2.12. The van der Waals surface area contributed by atoms with Crippen molar-refractivity contribution in [1.82, 2.24) is 0 Å². The Labute approximate surface area is 79.0 Å². The molecule has 0 aliphatic carbocycles. The molecule has 0 saturated carbocycles. The van der Waals surface area contributed by atoms with E-state index in [1.807, 2.05) is 6.08 Å². The largest absolute Gasteiger partial charge is 0.378 e. The third-order valence-electron chi connectivity index (χ3n) is 2.47. The minimum atomic E-state index is 0.467. The SMILES string of the molecule is C=Cc1ccc(CC2CCO2)cc1. The molecule has 68 valence electrons. The first kappa shape index (κ1) is 8.52. The molecule has 1 aromatic carbocycles. The second-order valence-electron chi connectivity index (χ2n) is 3.43. The fourth-order valence-electron chi connectivity index (χ4n) is 1.50. The van der Waals surface area contributed by atoms with E-state index in [4.69, 9.17) is 4.74 Å². The third-order valence-corrected chi connectivity index (χ3v) is 2.47. The minimum absolute atomic E-state index is 0.467. The Bertz CT molecular complexity index is 282. The second kappa shape index (κ2) is 3.75. The fraction of sp³-hybridized carbons (Fsp3) is 0.333. The van der Waals surface area contributed by atoms with Gasteiger partial charge >= 0.3 is 0 Å². The number of hydrogen-bond acceptors (Lipinski definition) is 1. The van der Waals surface area contributed by atoms with Gasteiger partial charge in [-0.05, 0) is 24.0 Å².